The number of nitrogens with zero attached hydrogens (tertiary/aromatic N) is 3. The number of furan rings is 1. The van der Waals surface area contributed by atoms with Crippen molar-refractivity contribution in [3.05, 3.63) is 47.7 Å². The minimum Gasteiger partial charge on any atom is -0.464 e. The molecule has 2 aromatic rings. The lowest BCUT2D eigenvalue weighted by Gasteiger charge is -2.35. The normalized spacial score (nSPS) is 18.1. The molecular weight excluding hydrogens is 366 g/mol. The maximum Gasteiger partial charge on any atom is 0.224 e. The van der Waals surface area contributed by atoms with Gasteiger partial charge in [-0.1, -0.05) is 0 Å². The summed E-state index contributed by atoms with van der Waals surface area (Å²) in [4.78, 5) is 16.6. The number of hydrogen-bond donors (Lipinski definition) is 0. The first-order chi connectivity index (χ1) is 12.5. The van der Waals surface area contributed by atoms with Gasteiger partial charge in [-0.2, -0.15) is 11.8 Å². The zero-order valence-corrected chi connectivity index (χ0v) is 17.3. The summed E-state index contributed by atoms with van der Waals surface area (Å²) in [5, 5.41) is 0.132. The van der Waals surface area contributed by atoms with E-state index in [0.717, 1.165) is 41.9 Å². The van der Waals surface area contributed by atoms with Crippen LogP contribution >= 0.6 is 23.5 Å². The Labute approximate surface area is 164 Å². The van der Waals surface area contributed by atoms with Gasteiger partial charge < -0.3 is 18.8 Å². The summed E-state index contributed by atoms with van der Waals surface area (Å²) in [6.45, 7) is 1.60. The number of amides is 1. The second kappa shape index (κ2) is 9.06. The smallest absolute Gasteiger partial charge is 0.224 e. The first-order valence-corrected chi connectivity index (χ1v) is 11.1. The van der Waals surface area contributed by atoms with Crippen molar-refractivity contribution in [3.8, 4) is 0 Å². The maximum atomic E-state index is 12.5. The number of carbonyl (C=O) groups excluding carboxylic acids is 1. The number of rotatable bonds is 8. The van der Waals surface area contributed by atoms with Crippen LogP contribution in [0.2, 0.25) is 0 Å². The molecule has 0 aromatic carbocycles. The summed E-state index contributed by atoms with van der Waals surface area (Å²) >= 11 is 3.68. The molecule has 0 spiro atoms. The highest BCUT2D eigenvalue weighted by Gasteiger charge is 2.30. The molecule has 5 nitrogen and oxygen atoms in total. The molecule has 7 heteroatoms. The lowest BCUT2D eigenvalue weighted by molar-refractivity contribution is -0.131. The van der Waals surface area contributed by atoms with E-state index in [2.05, 4.69) is 21.6 Å². The number of thioether (sulfide) groups is 2. The van der Waals surface area contributed by atoms with Gasteiger partial charge in [0, 0.05) is 37.7 Å². The molecule has 0 radical (unpaired) electrons. The molecular formula is C19H27N3O2S2. The van der Waals surface area contributed by atoms with Crippen LogP contribution in [0.1, 0.15) is 29.0 Å². The summed E-state index contributed by atoms with van der Waals surface area (Å²) in [6, 6.07) is 8.27. The van der Waals surface area contributed by atoms with Gasteiger partial charge in [0.05, 0.1) is 18.0 Å². The average molecular weight is 394 g/mol. The first-order valence-electron chi connectivity index (χ1n) is 8.87. The van der Waals surface area contributed by atoms with Crippen LogP contribution in [0.3, 0.4) is 0 Å². The molecule has 0 saturated carbocycles. The van der Waals surface area contributed by atoms with Crippen molar-refractivity contribution in [1.29, 1.82) is 0 Å². The van der Waals surface area contributed by atoms with Crippen LogP contribution in [-0.2, 0) is 24.1 Å². The summed E-state index contributed by atoms with van der Waals surface area (Å²) < 4.78 is 7.97. The van der Waals surface area contributed by atoms with E-state index in [1.807, 2.05) is 67.9 Å². The Balaban J connectivity index is 1.51. The lowest BCUT2D eigenvalue weighted by atomic mass is 10.3. The van der Waals surface area contributed by atoms with Gasteiger partial charge in [-0.25, -0.2) is 0 Å². The van der Waals surface area contributed by atoms with E-state index in [4.69, 9.17) is 4.42 Å². The largest absolute Gasteiger partial charge is 0.464 e. The van der Waals surface area contributed by atoms with Gasteiger partial charge in [-0.3, -0.25) is 4.79 Å². The van der Waals surface area contributed by atoms with Crippen LogP contribution in [0.4, 0.5) is 0 Å². The Morgan fingerprint density at radius 1 is 1.31 bits per heavy atom. The molecule has 3 heterocycles. The predicted octanol–water partition coefficient (Wildman–Crippen LogP) is 3.58. The monoisotopic (exact) mass is 393 g/mol. The van der Waals surface area contributed by atoms with E-state index in [-0.39, 0.29) is 11.3 Å². The van der Waals surface area contributed by atoms with E-state index in [0.29, 0.717) is 6.42 Å². The molecule has 0 bridgehead atoms. The minimum absolute atomic E-state index is 0.132. The van der Waals surface area contributed by atoms with Gasteiger partial charge in [-0.15, -0.1) is 11.8 Å². The van der Waals surface area contributed by atoms with Crippen molar-refractivity contribution in [2.24, 2.45) is 7.05 Å². The summed E-state index contributed by atoms with van der Waals surface area (Å²) in [7, 11) is 6.12. The highest BCUT2D eigenvalue weighted by molar-refractivity contribution is 7.99. The minimum atomic E-state index is 0.132. The van der Waals surface area contributed by atoms with Gasteiger partial charge in [-0.05, 0) is 38.4 Å². The van der Waals surface area contributed by atoms with E-state index >= 15 is 0 Å². The van der Waals surface area contributed by atoms with Crippen molar-refractivity contribution in [3.63, 3.8) is 0 Å². The number of hydrogen-bond acceptors (Lipinski definition) is 5. The van der Waals surface area contributed by atoms with E-state index in [9.17, 15) is 4.79 Å². The van der Waals surface area contributed by atoms with Crippen molar-refractivity contribution in [2.75, 3.05) is 32.1 Å². The third-order valence-corrected chi connectivity index (χ3v) is 6.55. The summed E-state index contributed by atoms with van der Waals surface area (Å²) in [6.07, 6.45) is 2.69. The number of aromatic nitrogens is 1. The Kier molecular flexibility index (Phi) is 6.78. The number of carbonyl (C=O) groups is 1. The highest BCUT2D eigenvalue weighted by Crippen LogP contribution is 2.37. The van der Waals surface area contributed by atoms with Crippen LogP contribution in [-0.4, -0.2) is 52.4 Å². The molecule has 1 saturated heterocycles. The van der Waals surface area contributed by atoms with Crippen molar-refractivity contribution < 1.29 is 9.21 Å². The van der Waals surface area contributed by atoms with Gasteiger partial charge in [0.1, 0.15) is 16.9 Å². The molecule has 26 heavy (non-hydrogen) atoms. The van der Waals surface area contributed by atoms with Gasteiger partial charge in [0.2, 0.25) is 5.91 Å². The molecule has 1 amide bonds. The average Bonchev–Trinajstić information content (AvgIpc) is 3.21. The standard InChI is InChI=1S/C19H27N3O2S2/c1-20(2)13-15-6-7-16(24-15)14-25-12-10-22-18(23)8-11-26-19(22)17-5-4-9-21(17)3/h4-7,9,19H,8,10-14H2,1-3H3. The van der Waals surface area contributed by atoms with Gasteiger partial charge >= 0.3 is 0 Å². The number of aryl methyl sites for hydroxylation is 1. The lowest BCUT2D eigenvalue weighted by Crippen LogP contribution is -2.39. The molecule has 1 aliphatic rings. The van der Waals surface area contributed by atoms with Crippen LogP contribution < -0.4 is 0 Å². The Bertz CT molecular complexity index is 726. The zero-order valence-electron chi connectivity index (χ0n) is 15.7. The third-order valence-electron chi connectivity index (χ3n) is 4.34. The maximum absolute atomic E-state index is 12.5. The van der Waals surface area contributed by atoms with Crippen LogP contribution in [0.25, 0.3) is 0 Å². The van der Waals surface area contributed by atoms with Crippen LogP contribution in [0.5, 0.6) is 0 Å². The molecule has 1 atom stereocenters. The second-order valence-electron chi connectivity index (χ2n) is 6.76. The van der Waals surface area contributed by atoms with Crippen molar-refractivity contribution >= 4 is 29.4 Å². The van der Waals surface area contributed by atoms with Crippen LogP contribution in [0.15, 0.2) is 34.9 Å². The summed E-state index contributed by atoms with van der Waals surface area (Å²) in [5.41, 5.74) is 1.20. The zero-order chi connectivity index (χ0) is 18.5. The Morgan fingerprint density at radius 2 is 2.12 bits per heavy atom. The SMILES string of the molecule is CN(C)Cc1ccc(CSCCN2C(=O)CCSC2c2cccn2C)o1. The van der Waals surface area contributed by atoms with E-state index in [1.165, 1.54) is 5.69 Å². The van der Waals surface area contributed by atoms with Crippen molar-refractivity contribution in [1.82, 2.24) is 14.4 Å². The third kappa shape index (κ3) is 4.90. The van der Waals surface area contributed by atoms with Crippen LogP contribution in [0, 0.1) is 0 Å². The van der Waals surface area contributed by atoms with Crippen molar-refractivity contribution in [2.45, 2.75) is 24.1 Å². The first kappa shape index (κ1) is 19.5. The quantitative estimate of drug-likeness (QED) is 0.641. The molecule has 0 N–H and O–H groups in total. The summed E-state index contributed by atoms with van der Waals surface area (Å²) in [5.74, 6) is 4.93. The molecule has 3 rings (SSSR count). The highest BCUT2D eigenvalue weighted by atomic mass is 32.2. The molecule has 142 valence electrons. The molecule has 0 aliphatic carbocycles. The molecule has 2 aromatic heterocycles. The fraction of sp³-hybridized carbons (Fsp3) is 0.526. The molecule has 1 fully saturated rings. The fourth-order valence-electron chi connectivity index (χ4n) is 3.07. The topological polar surface area (TPSA) is 41.6 Å². The molecule has 1 unspecified atom stereocenters. The van der Waals surface area contributed by atoms with Gasteiger partial charge in [0.25, 0.3) is 0 Å². The van der Waals surface area contributed by atoms with E-state index in [1.54, 1.807) is 0 Å². The Hall–Kier alpha value is -1.31. The van der Waals surface area contributed by atoms with E-state index < -0.39 is 0 Å². The Morgan fingerprint density at radius 3 is 2.85 bits per heavy atom. The predicted molar refractivity (Wildman–Crippen MR) is 109 cm³/mol. The fourth-order valence-corrected chi connectivity index (χ4v) is 5.23. The van der Waals surface area contributed by atoms with Gasteiger partial charge in [0.15, 0.2) is 0 Å². The second-order valence-corrected chi connectivity index (χ2v) is 9.06. The molecule has 1 aliphatic heterocycles.